The number of nitrogens with zero attached hydrogens (tertiary/aromatic N) is 2. The smallest absolute Gasteiger partial charge is 0.324 e. The van der Waals surface area contributed by atoms with Crippen molar-refractivity contribution in [1.82, 2.24) is 26.1 Å². The minimum absolute atomic E-state index is 0.0120. The Hall–Kier alpha value is -2.84. The maximum Gasteiger partial charge on any atom is 0.324 e. The second kappa shape index (κ2) is 8.90. The molecule has 4 atom stereocenters. The number of ether oxygens (including phenoxy) is 1. The summed E-state index contributed by atoms with van der Waals surface area (Å²) in [5.74, 6) is -0.647. The lowest BCUT2D eigenvalue weighted by Crippen LogP contribution is -2.39. The molecule has 4 unspecified atom stereocenters. The first-order valence-corrected chi connectivity index (χ1v) is 9.24. The second-order valence-corrected chi connectivity index (χ2v) is 7.00. The summed E-state index contributed by atoms with van der Waals surface area (Å²) in [4.78, 5) is 33.0. The van der Waals surface area contributed by atoms with Crippen LogP contribution in [0.2, 0.25) is 0 Å². The van der Waals surface area contributed by atoms with E-state index in [1.165, 1.54) is 7.11 Å². The van der Waals surface area contributed by atoms with Crippen LogP contribution in [-0.2, 0) is 16.0 Å². The number of amides is 1. The van der Waals surface area contributed by atoms with Crippen LogP contribution in [0.3, 0.4) is 0 Å². The molecule has 3 rings (SSSR count). The van der Waals surface area contributed by atoms with Gasteiger partial charge < -0.3 is 10.1 Å². The molecule has 1 aliphatic rings. The van der Waals surface area contributed by atoms with E-state index in [1.807, 2.05) is 32.0 Å². The van der Waals surface area contributed by atoms with Gasteiger partial charge in [-0.1, -0.05) is 12.1 Å². The van der Waals surface area contributed by atoms with Crippen molar-refractivity contribution in [1.29, 1.82) is 0 Å². The van der Waals surface area contributed by atoms with Crippen molar-refractivity contribution in [2.75, 3.05) is 7.11 Å². The minimum Gasteiger partial charge on any atom is -0.468 e. The summed E-state index contributed by atoms with van der Waals surface area (Å²) in [6, 6.07) is 6.76. The number of hydrogen-bond acceptors (Lipinski definition) is 7. The van der Waals surface area contributed by atoms with Crippen molar-refractivity contribution < 1.29 is 14.3 Å². The quantitative estimate of drug-likeness (QED) is 0.638. The van der Waals surface area contributed by atoms with E-state index >= 15 is 0 Å². The molecule has 1 aliphatic heterocycles. The number of methoxy groups -OCH3 is 1. The van der Waals surface area contributed by atoms with E-state index in [0.29, 0.717) is 12.0 Å². The lowest BCUT2D eigenvalue weighted by molar-refractivity contribution is -0.143. The van der Waals surface area contributed by atoms with Gasteiger partial charge in [0.2, 0.25) is 0 Å². The van der Waals surface area contributed by atoms with Crippen molar-refractivity contribution in [3.63, 3.8) is 0 Å². The second-order valence-electron chi connectivity index (χ2n) is 7.00. The standard InChI is InChI=1S/C20H25N5O3/c1-12(9-16-11-21-7-8-22-16)23-19(26)15-6-4-5-14(10-15)17-13(2)24-25-18(17)20(27)28-3/h4-8,10-13,17-18,24-25H,9H2,1-3H3,(H,23,26). The zero-order valence-corrected chi connectivity index (χ0v) is 16.2. The summed E-state index contributed by atoms with van der Waals surface area (Å²) in [7, 11) is 1.37. The summed E-state index contributed by atoms with van der Waals surface area (Å²) in [6.07, 6.45) is 5.54. The molecular formula is C20H25N5O3. The van der Waals surface area contributed by atoms with E-state index in [-0.39, 0.29) is 29.9 Å². The van der Waals surface area contributed by atoms with Gasteiger partial charge in [0.15, 0.2) is 0 Å². The first-order chi connectivity index (χ1) is 13.5. The topological polar surface area (TPSA) is 105 Å². The van der Waals surface area contributed by atoms with Gasteiger partial charge in [-0.3, -0.25) is 25.0 Å². The summed E-state index contributed by atoms with van der Waals surface area (Å²) < 4.78 is 4.89. The monoisotopic (exact) mass is 383 g/mol. The maximum atomic E-state index is 12.7. The highest BCUT2D eigenvalue weighted by atomic mass is 16.5. The number of hydrazine groups is 1. The Labute approximate surface area is 164 Å². The fourth-order valence-corrected chi connectivity index (χ4v) is 3.50. The zero-order valence-electron chi connectivity index (χ0n) is 16.2. The Kier molecular flexibility index (Phi) is 6.33. The lowest BCUT2D eigenvalue weighted by Gasteiger charge is -2.20. The molecule has 2 heterocycles. The van der Waals surface area contributed by atoms with Gasteiger partial charge in [0.1, 0.15) is 6.04 Å². The van der Waals surface area contributed by atoms with Gasteiger partial charge >= 0.3 is 5.97 Å². The molecule has 28 heavy (non-hydrogen) atoms. The maximum absolute atomic E-state index is 12.7. The molecule has 2 aromatic rings. The first-order valence-electron chi connectivity index (χ1n) is 9.24. The van der Waals surface area contributed by atoms with E-state index in [2.05, 4.69) is 26.1 Å². The van der Waals surface area contributed by atoms with Crippen LogP contribution < -0.4 is 16.2 Å². The first kappa shape index (κ1) is 19.9. The zero-order chi connectivity index (χ0) is 20.1. The normalized spacial score (nSPS) is 22.5. The fourth-order valence-electron chi connectivity index (χ4n) is 3.50. The van der Waals surface area contributed by atoms with Gasteiger partial charge in [-0.2, -0.15) is 0 Å². The van der Waals surface area contributed by atoms with Gasteiger partial charge in [0.05, 0.1) is 12.8 Å². The molecular weight excluding hydrogens is 358 g/mol. The highest BCUT2D eigenvalue weighted by Crippen LogP contribution is 2.28. The molecule has 0 bridgehead atoms. The van der Waals surface area contributed by atoms with Crippen LogP contribution in [0.4, 0.5) is 0 Å². The Balaban J connectivity index is 1.71. The van der Waals surface area contributed by atoms with E-state index in [1.54, 1.807) is 24.7 Å². The minimum atomic E-state index is -0.506. The van der Waals surface area contributed by atoms with Crippen molar-refractivity contribution in [3.05, 3.63) is 59.7 Å². The molecule has 3 N–H and O–H groups in total. The number of carbonyl (C=O) groups is 2. The highest BCUT2D eigenvalue weighted by molar-refractivity contribution is 5.94. The van der Waals surface area contributed by atoms with Crippen molar-refractivity contribution in [3.8, 4) is 0 Å². The highest BCUT2D eigenvalue weighted by Gasteiger charge is 2.39. The van der Waals surface area contributed by atoms with Crippen molar-refractivity contribution in [2.24, 2.45) is 0 Å². The average molecular weight is 383 g/mol. The molecule has 8 nitrogen and oxygen atoms in total. The van der Waals surface area contributed by atoms with E-state index in [0.717, 1.165) is 11.3 Å². The Bertz CT molecular complexity index is 830. The average Bonchev–Trinajstić information content (AvgIpc) is 3.09. The van der Waals surface area contributed by atoms with Gasteiger partial charge in [-0.25, -0.2) is 5.43 Å². The van der Waals surface area contributed by atoms with Crippen LogP contribution in [0.5, 0.6) is 0 Å². The molecule has 1 saturated heterocycles. The van der Waals surface area contributed by atoms with Crippen LogP contribution in [0, 0.1) is 0 Å². The fraction of sp³-hybridized carbons (Fsp3) is 0.400. The van der Waals surface area contributed by atoms with Crippen LogP contribution in [0.15, 0.2) is 42.9 Å². The third kappa shape index (κ3) is 4.52. The number of esters is 1. The van der Waals surface area contributed by atoms with Crippen LogP contribution >= 0.6 is 0 Å². The summed E-state index contributed by atoms with van der Waals surface area (Å²) in [6.45, 7) is 3.91. The molecule has 1 aromatic heterocycles. The molecule has 0 saturated carbocycles. The lowest BCUT2D eigenvalue weighted by atomic mass is 9.87. The largest absolute Gasteiger partial charge is 0.468 e. The summed E-state index contributed by atoms with van der Waals surface area (Å²) in [5, 5.41) is 2.99. The molecule has 1 fully saturated rings. The molecule has 1 amide bonds. The predicted molar refractivity (Wildman–Crippen MR) is 103 cm³/mol. The Morgan fingerprint density at radius 3 is 2.82 bits per heavy atom. The van der Waals surface area contributed by atoms with E-state index in [9.17, 15) is 9.59 Å². The molecule has 0 aliphatic carbocycles. The Morgan fingerprint density at radius 1 is 1.29 bits per heavy atom. The molecule has 148 valence electrons. The summed E-state index contributed by atoms with van der Waals surface area (Å²) >= 11 is 0. The Morgan fingerprint density at radius 2 is 2.11 bits per heavy atom. The van der Waals surface area contributed by atoms with Crippen LogP contribution in [0.25, 0.3) is 0 Å². The number of benzene rings is 1. The van der Waals surface area contributed by atoms with Gasteiger partial charge in [-0.05, 0) is 31.5 Å². The summed E-state index contributed by atoms with van der Waals surface area (Å²) in [5.41, 5.74) is 8.32. The van der Waals surface area contributed by atoms with Crippen LogP contribution in [0.1, 0.15) is 41.4 Å². The number of rotatable bonds is 6. The third-order valence-electron chi connectivity index (χ3n) is 4.86. The number of carbonyl (C=O) groups excluding carboxylic acids is 2. The van der Waals surface area contributed by atoms with Crippen molar-refractivity contribution in [2.45, 2.75) is 44.3 Å². The van der Waals surface area contributed by atoms with Crippen LogP contribution in [-0.4, -0.2) is 47.1 Å². The van der Waals surface area contributed by atoms with Gasteiger partial charge in [-0.15, -0.1) is 0 Å². The number of hydrogen-bond donors (Lipinski definition) is 3. The van der Waals surface area contributed by atoms with Gasteiger partial charge in [0.25, 0.3) is 5.91 Å². The predicted octanol–water partition coefficient (Wildman–Crippen LogP) is 0.959. The number of aromatic nitrogens is 2. The molecule has 0 spiro atoms. The molecule has 8 heteroatoms. The van der Waals surface area contributed by atoms with E-state index < -0.39 is 6.04 Å². The number of nitrogens with one attached hydrogen (secondary N) is 3. The third-order valence-corrected chi connectivity index (χ3v) is 4.86. The van der Waals surface area contributed by atoms with E-state index in [4.69, 9.17) is 4.74 Å². The van der Waals surface area contributed by atoms with Crippen molar-refractivity contribution >= 4 is 11.9 Å². The van der Waals surface area contributed by atoms with Gasteiger partial charge in [0, 0.05) is 48.6 Å². The SMILES string of the molecule is COC(=O)C1NNC(C)C1c1cccc(C(=O)NC(C)Cc2cnccn2)c1. The molecule has 1 aromatic carbocycles. The molecule has 0 radical (unpaired) electrons.